The summed E-state index contributed by atoms with van der Waals surface area (Å²) in [5.41, 5.74) is 0. The monoisotopic (exact) mass is 347 g/mol. The van der Waals surface area contributed by atoms with E-state index in [2.05, 4.69) is 4.98 Å². The highest BCUT2D eigenvalue weighted by atomic mass is 19.1. The van der Waals surface area contributed by atoms with Crippen molar-refractivity contribution in [3.05, 3.63) is 48.3 Å². The van der Waals surface area contributed by atoms with Crippen molar-refractivity contribution in [2.24, 2.45) is 13.0 Å². The lowest BCUT2D eigenvalue weighted by molar-refractivity contribution is -0.136. The van der Waals surface area contributed by atoms with Crippen LogP contribution in [0.2, 0.25) is 0 Å². The van der Waals surface area contributed by atoms with Gasteiger partial charge in [0.2, 0.25) is 0 Å². The van der Waals surface area contributed by atoms with E-state index in [1.807, 2.05) is 7.05 Å². The van der Waals surface area contributed by atoms with Gasteiger partial charge in [-0.2, -0.15) is 0 Å². The van der Waals surface area contributed by atoms with Gasteiger partial charge >= 0.3 is 0 Å². The standard InChI is InChI=1S/C18H22FN3O3/c1-21-10-8-20-18(21)17(24)13-3-2-9-22(11-13)16(23)12-25-15-6-4-14(19)5-7-15/h4-8,10,13,17,24H,2-3,9,11-12H2,1H3. The van der Waals surface area contributed by atoms with Crippen LogP contribution in [-0.4, -0.2) is 45.2 Å². The third-order valence-corrected chi connectivity index (χ3v) is 4.56. The van der Waals surface area contributed by atoms with Gasteiger partial charge in [-0.25, -0.2) is 9.37 Å². The average Bonchev–Trinajstić information content (AvgIpc) is 3.06. The van der Waals surface area contributed by atoms with Crippen LogP contribution >= 0.6 is 0 Å². The lowest BCUT2D eigenvalue weighted by atomic mass is 9.92. The Hall–Kier alpha value is -2.41. The molecule has 1 aliphatic heterocycles. The lowest BCUT2D eigenvalue weighted by Gasteiger charge is -2.34. The quantitative estimate of drug-likeness (QED) is 0.897. The maximum Gasteiger partial charge on any atom is 0.260 e. The number of rotatable bonds is 5. The van der Waals surface area contributed by atoms with Crippen molar-refractivity contribution in [2.75, 3.05) is 19.7 Å². The highest BCUT2D eigenvalue weighted by molar-refractivity contribution is 5.77. The largest absolute Gasteiger partial charge is 0.484 e. The van der Waals surface area contributed by atoms with Crippen LogP contribution in [0.1, 0.15) is 24.8 Å². The number of halogens is 1. The normalized spacial score (nSPS) is 18.8. The molecule has 2 atom stereocenters. The first-order valence-corrected chi connectivity index (χ1v) is 8.36. The number of aliphatic hydroxyl groups excluding tert-OH is 1. The molecule has 1 amide bonds. The highest BCUT2D eigenvalue weighted by Crippen LogP contribution is 2.28. The topological polar surface area (TPSA) is 67.6 Å². The molecule has 6 nitrogen and oxygen atoms in total. The molecule has 1 N–H and O–H groups in total. The van der Waals surface area contributed by atoms with Crippen molar-refractivity contribution < 1.29 is 19.0 Å². The second-order valence-corrected chi connectivity index (χ2v) is 6.33. The predicted molar refractivity (Wildman–Crippen MR) is 89.4 cm³/mol. The molecule has 1 aromatic carbocycles. The van der Waals surface area contributed by atoms with Gasteiger partial charge in [0.15, 0.2) is 6.61 Å². The summed E-state index contributed by atoms with van der Waals surface area (Å²) >= 11 is 0. The van der Waals surface area contributed by atoms with Crippen molar-refractivity contribution >= 4 is 5.91 Å². The van der Waals surface area contributed by atoms with E-state index >= 15 is 0 Å². The Balaban J connectivity index is 1.56. The molecule has 0 saturated carbocycles. The Morgan fingerprint density at radius 2 is 2.20 bits per heavy atom. The van der Waals surface area contributed by atoms with Crippen molar-refractivity contribution in [1.29, 1.82) is 0 Å². The number of benzene rings is 1. The summed E-state index contributed by atoms with van der Waals surface area (Å²) in [6.45, 7) is 1.02. The number of piperidine rings is 1. The van der Waals surface area contributed by atoms with Gasteiger partial charge in [-0.3, -0.25) is 4.79 Å². The fourth-order valence-electron chi connectivity index (χ4n) is 3.13. The molecule has 0 aliphatic carbocycles. The predicted octanol–water partition coefficient (Wildman–Crippen LogP) is 1.91. The van der Waals surface area contributed by atoms with Crippen molar-refractivity contribution in [3.8, 4) is 5.75 Å². The molecule has 7 heteroatoms. The Bertz CT molecular complexity index is 717. The minimum absolute atomic E-state index is 0.0513. The Labute approximate surface area is 145 Å². The van der Waals surface area contributed by atoms with E-state index in [1.54, 1.807) is 21.9 Å². The van der Waals surface area contributed by atoms with Gasteiger partial charge in [-0.1, -0.05) is 0 Å². The molecule has 1 saturated heterocycles. The number of nitrogens with zero attached hydrogens (tertiary/aromatic N) is 3. The Morgan fingerprint density at radius 1 is 1.44 bits per heavy atom. The number of aliphatic hydroxyl groups is 1. The minimum atomic E-state index is -0.700. The van der Waals surface area contributed by atoms with Crippen LogP contribution in [0.5, 0.6) is 5.75 Å². The van der Waals surface area contributed by atoms with Gasteiger partial charge in [0, 0.05) is 38.4 Å². The Morgan fingerprint density at radius 3 is 2.88 bits per heavy atom. The van der Waals surface area contributed by atoms with Crippen LogP contribution in [0.3, 0.4) is 0 Å². The number of likely N-dealkylation sites (tertiary alicyclic amines) is 1. The fourth-order valence-corrected chi connectivity index (χ4v) is 3.13. The third-order valence-electron chi connectivity index (χ3n) is 4.56. The maximum atomic E-state index is 12.9. The van der Waals surface area contributed by atoms with Crippen LogP contribution in [0.25, 0.3) is 0 Å². The molecule has 2 heterocycles. The van der Waals surface area contributed by atoms with Crippen LogP contribution < -0.4 is 4.74 Å². The number of ether oxygens (including phenoxy) is 1. The van der Waals surface area contributed by atoms with Gasteiger partial charge in [0.25, 0.3) is 5.91 Å². The molecule has 0 bridgehead atoms. The van der Waals surface area contributed by atoms with Gasteiger partial charge in [-0.05, 0) is 37.1 Å². The van der Waals surface area contributed by atoms with Crippen molar-refractivity contribution in [2.45, 2.75) is 18.9 Å². The molecule has 2 aromatic rings. The first-order chi connectivity index (χ1) is 12.0. The summed E-state index contributed by atoms with van der Waals surface area (Å²) in [5.74, 6) is 0.532. The first-order valence-electron chi connectivity index (χ1n) is 8.36. The molecule has 1 aliphatic rings. The van der Waals surface area contributed by atoms with Crippen LogP contribution in [0.4, 0.5) is 4.39 Å². The molecule has 134 valence electrons. The number of imidazole rings is 1. The summed E-state index contributed by atoms with van der Waals surface area (Å²) in [6, 6.07) is 5.57. The minimum Gasteiger partial charge on any atom is -0.484 e. The van der Waals surface area contributed by atoms with E-state index in [1.165, 1.54) is 24.3 Å². The molecule has 25 heavy (non-hydrogen) atoms. The summed E-state index contributed by atoms with van der Waals surface area (Å²) < 4.78 is 20.1. The fraction of sp³-hybridized carbons (Fsp3) is 0.444. The zero-order valence-corrected chi connectivity index (χ0v) is 14.1. The van der Waals surface area contributed by atoms with E-state index in [9.17, 15) is 14.3 Å². The molecule has 0 spiro atoms. The SMILES string of the molecule is Cn1ccnc1C(O)C1CCCN(C(=O)COc2ccc(F)cc2)C1. The summed E-state index contributed by atoms with van der Waals surface area (Å²) in [7, 11) is 1.84. The molecular formula is C18H22FN3O3. The van der Waals surface area contributed by atoms with Crippen LogP contribution in [0, 0.1) is 11.7 Å². The summed E-state index contributed by atoms with van der Waals surface area (Å²) in [4.78, 5) is 18.3. The summed E-state index contributed by atoms with van der Waals surface area (Å²) in [6.07, 6.45) is 4.42. The zero-order chi connectivity index (χ0) is 17.8. The molecule has 0 radical (unpaired) electrons. The van der Waals surface area contributed by atoms with Gasteiger partial charge in [-0.15, -0.1) is 0 Å². The van der Waals surface area contributed by atoms with Gasteiger partial charge < -0.3 is 19.3 Å². The van der Waals surface area contributed by atoms with Crippen molar-refractivity contribution in [1.82, 2.24) is 14.5 Å². The van der Waals surface area contributed by atoms with E-state index in [0.29, 0.717) is 24.7 Å². The van der Waals surface area contributed by atoms with Gasteiger partial charge in [0.1, 0.15) is 23.5 Å². The molecule has 1 fully saturated rings. The molecule has 1 aromatic heterocycles. The number of aryl methyl sites for hydroxylation is 1. The number of amides is 1. The van der Waals surface area contributed by atoms with E-state index in [0.717, 1.165) is 12.8 Å². The molecular weight excluding hydrogens is 325 g/mol. The highest BCUT2D eigenvalue weighted by Gasteiger charge is 2.31. The third kappa shape index (κ3) is 4.17. The average molecular weight is 347 g/mol. The smallest absolute Gasteiger partial charge is 0.260 e. The van der Waals surface area contributed by atoms with E-state index in [4.69, 9.17) is 4.74 Å². The second kappa shape index (κ2) is 7.65. The lowest BCUT2D eigenvalue weighted by Crippen LogP contribution is -2.44. The molecule has 2 unspecified atom stereocenters. The van der Waals surface area contributed by atoms with Gasteiger partial charge in [0.05, 0.1) is 0 Å². The number of carbonyl (C=O) groups is 1. The van der Waals surface area contributed by atoms with E-state index < -0.39 is 6.10 Å². The van der Waals surface area contributed by atoms with Crippen LogP contribution in [0.15, 0.2) is 36.7 Å². The Kier molecular flexibility index (Phi) is 5.33. The second-order valence-electron chi connectivity index (χ2n) is 6.33. The summed E-state index contributed by atoms with van der Waals surface area (Å²) in [5, 5.41) is 10.6. The number of hydrogen-bond acceptors (Lipinski definition) is 4. The van der Waals surface area contributed by atoms with Crippen molar-refractivity contribution in [3.63, 3.8) is 0 Å². The van der Waals surface area contributed by atoms with E-state index in [-0.39, 0.29) is 24.2 Å². The number of hydrogen-bond donors (Lipinski definition) is 1. The maximum absolute atomic E-state index is 12.9. The number of carbonyl (C=O) groups excluding carboxylic acids is 1. The zero-order valence-electron chi connectivity index (χ0n) is 14.1. The van der Waals surface area contributed by atoms with Crippen LogP contribution in [-0.2, 0) is 11.8 Å². The number of aromatic nitrogens is 2. The first kappa shape index (κ1) is 17.4. The molecule has 3 rings (SSSR count).